The van der Waals surface area contributed by atoms with Gasteiger partial charge < -0.3 is 9.47 Å². The minimum Gasteiger partial charge on any atom is -0.494 e. The van der Waals surface area contributed by atoms with Gasteiger partial charge in [-0.3, -0.25) is 20.4 Å². The number of hydrogen-bond donors (Lipinski definition) is 2. The Kier molecular flexibility index (Phi) is 7.89. The van der Waals surface area contributed by atoms with E-state index in [0.717, 1.165) is 17.1 Å². The first-order chi connectivity index (χ1) is 15.1. The zero-order chi connectivity index (χ0) is 22.1. The van der Waals surface area contributed by atoms with Crippen molar-refractivity contribution in [2.45, 2.75) is 18.6 Å². The molecule has 0 unspecified atom stereocenters. The van der Waals surface area contributed by atoms with Crippen LogP contribution in [0, 0.1) is 0 Å². The molecule has 0 bridgehead atoms. The summed E-state index contributed by atoms with van der Waals surface area (Å²) in [5, 5.41) is 0.589. The third-order valence-corrected chi connectivity index (χ3v) is 4.97. The van der Waals surface area contributed by atoms with E-state index in [-0.39, 0.29) is 0 Å². The molecule has 3 aromatic rings. The molecule has 0 aliphatic carbocycles. The van der Waals surface area contributed by atoms with Crippen LogP contribution in [0.3, 0.4) is 0 Å². The highest BCUT2D eigenvalue weighted by Gasteiger charge is 2.13. The van der Waals surface area contributed by atoms with Gasteiger partial charge in [-0.2, -0.15) is 0 Å². The first kappa shape index (κ1) is 22.2. The average Bonchev–Trinajstić information content (AvgIpc) is 2.82. The van der Waals surface area contributed by atoms with Crippen molar-refractivity contribution >= 4 is 23.6 Å². The largest absolute Gasteiger partial charge is 0.494 e. The Balaban J connectivity index is 1.51. The predicted octanol–water partition coefficient (Wildman–Crippen LogP) is 3.86. The van der Waals surface area contributed by atoms with E-state index in [0.29, 0.717) is 29.4 Å². The minimum absolute atomic E-state index is 0.366. The van der Waals surface area contributed by atoms with Gasteiger partial charge in [-0.1, -0.05) is 12.1 Å². The van der Waals surface area contributed by atoms with Crippen LogP contribution >= 0.6 is 11.8 Å². The standard InChI is InChI=1S/C23H23N3O4S/c1-3-29-18-10-12-19(13-11-18)30-15-16-6-8-17(9-7-16)21(27)25-26-22(28)20-5-4-14-24-23(20)31-2/h4-14H,3,15H2,1-2H3,(H,25,27)(H,26,28). The first-order valence-corrected chi connectivity index (χ1v) is 10.9. The number of pyridine rings is 1. The van der Waals surface area contributed by atoms with Crippen LogP contribution in [0.2, 0.25) is 0 Å². The van der Waals surface area contributed by atoms with Crippen LogP contribution in [0.1, 0.15) is 33.2 Å². The van der Waals surface area contributed by atoms with E-state index in [9.17, 15) is 9.59 Å². The number of benzene rings is 2. The number of amides is 2. The lowest BCUT2D eigenvalue weighted by atomic mass is 10.1. The predicted molar refractivity (Wildman–Crippen MR) is 119 cm³/mol. The average molecular weight is 438 g/mol. The summed E-state index contributed by atoms with van der Waals surface area (Å²) in [7, 11) is 0. The SMILES string of the molecule is CCOc1ccc(OCc2ccc(C(=O)NNC(=O)c3cccnc3SC)cc2)cc1. The summed E-state index contributed by atoms with van der Waals surface area (Å²) in [6, 6.07) is 17.7. The van der Waals surface area contributed by atoms with Crippen molar-refractivity contribution in [3.63, 3.8) is 0 Å². The van der Waals surface area contributed by atoms with E-state index >= 15 is 0 Å². The van der Waals surface area contributed by atoms with Crippen molar-refractivity contribution in [2.24, 2.45) is 0 Å². The van der Waals surface area contributed by atoms with E-state index in [1.165, 1.54) is 11.8 Å². The fraction of sp³-hybridized carbons (Fsp3) is 0.174. The van der Waals surface area contributed by atoms with Crippen molar-refractivity contribution in [3.05, 3.63) is 83.6 Å². The number of nitrogens with zero attached hydrogens (tertiary/aromatic N) is 1. The molecule has 0 aliphatic heterocycles. The van der Waals surface area contributed by atoms with Crippen LogP contribution in [0.5, 0.6) is 11.5 Å². The fourth-order valence-corrected chi connectivity index (χ4v) is 3.24. The zero-order valence-electron chi connectivity index (χ0n) is 17.3. The normalized spacial score (nSPS) is 10.3. The molecule has 0 aliphatic rings. The fourth-order valence-electron chi connectivity index (χ4n) is 2.70. The monoisotopic (exact) mass is 437 g/mol. The molecule has 2 N–H and O–H groups in total. The molecular weight excluding hydrogens is 414 g/mol. The summed E-state index contributed by atoms with van der Waals surface area (Å²) in [5.41, 5.74) is 6.57. The maximum atomic E-state index is 12.3. The summed E-state index contributed by atoms with van der Waals surface area (Å²) < 4.78 is 11.2. The molecule has 0 atom stereocenters. The second-order valence-corrected chi connectivity index (χ2v) is 7.15. The molecule has 0 spiro atoms. The second kappa shape index (κ2) is 11.0. The van der Waals surface area contributed by atoms with Crippen molar-refractivity contribution in [1.29, 1.82) is 0 Å². The molecule has 1 aromatic heterocycles. The maximum absolute atomic E-state index is 12.3. The highest BCUT2D eigenvalue weighted by Crippen LogP contribution is 2.19. The molecule has 1 heterocycles. The molecule has 2 amide bonds. The smallest absolute Gasteiger partial charge is 0.272 e. The summed E-state index contributed by atoms with van der Waals surface area (Å²) in [4.78, 5) is 28.7. The third kappa shape index (κ3) is 6.23. The molecule has 31 heavy (non-hydrogen) atoms. The number of nitrogens with one attached hydrogen (secondary N) is 2. The van der Waals surface area contributed by atoms with Gasteiger partial charge in [0.05, 0.1) is 12.2 Å². The number of carbonyl (C=O) groups is 2. The van der Waals surface area contributed by atoms with E-state index < -0.39 is 11.8 Å². The van der Waals surface area contributed by atoms with Crippen LogP contribution in [-0.4, -0.2) is 29.7 Å². The minimum atomic E-state index is -0.425. The van der Waals surface area contributed by atoms with Gasteiger partial charge in [0.25, 0.3) is 11.8 Å². The Bertz CT molecular complexity index is 1020. The number of hydrazine groups is 1. The number of hydrogen-bond acceptors (Lipinski definition) is 6. The van der Waals surface area contributed by atoms with Gasteiger partial charge in [0, 0.05) is 11.8 Å². The molecule has 0 fully saturated rings. The molecule has 0 radical (unpaired) electrons. The molecule has 2 aromatic carbocycles. The van der Waals surface area contributed by atoms with Crippen molar-refractivity contribution in [3.8, 4) is 11.5 Å². The summed E-state index contributed by atoms with van der Waals surface area (Å²) in [5.74, 6) is 0.687. The summed E-state index contributed by atoms with van der Waals surface area (Å²) >= 11 is 1.36. The Morgan fingerprint density at radius 1 is 0.903 bits per heavy atom. The van der Waals surface area contributed by atoms with Gasteiger partial charge in [0.15, 0.2) is 0 Å². The lowest BCUT2D eigenvalue weighted by molar-refractivity contribution is 0.0844. The molecule has 8 heteroatoms. The highest BCUT2D eigenvalue weighted by atomic mass is 32.2. The number of ether oxygens (including phenoxy) is 2. The molecule has 7 nitrogen and oxygen atoms in total. The van der Waals surface area contributed by atoms with Crippen LogP contribution in [0.4, 0.5) is 0 Å². The Morgan fingerprint density at radius 3 is 2.19 bits per heavy atom. The van der Waals surface area contributed by atoms with Gasteiger partial charge >= 0.3 is 0 Å². The molecule has 0 saturated heterocycles. The van der Waals surface area contributed by atoms with Gasteiger partial charge in [-0.15, -0.1) is 11.8 Å². The third-order valence-electron chi connectivity index (χ3n) is 4.26. The number of rotatable bonds is 8. The van der Waals surface area contributed by atoms with Crippen molar-refractivity contribution in [1.82, 2.24) is 15.8 Å². The quantitative estimate of drug-likeness (QED) is 0.411. The lowest BCUT2D eigenvalue weighted by Crippen LogP contribution is -2.41. The van der Waals surface area contributed by atoms with Crippen molar-refractivity contribution < 1.29 is 19.1 Å². The summed E-state index contributed by atoms with van der Waals surface area (Å²) in [6.45, 7) is 2.92. The van der Waals surface area contributed by atoms with Crippen LogP contribution in [-0.2, 0) is 6.61 Å². The van der Waals surface area contributed by atoms with Gasteiger partial charge in [0.1, 0.15) is 23.1 Å². The molecular formula is C23H23N3O4S. The second-order valence-electron chi connectivity index (χ2n) is 6.36. The maximum Gasteiger partial charge on any atom is 0.272 e. The van der Waals surface area contributed by atoms with Gasteiger partial charge in [-0.05, 0) is 67.3 Å². The van der Waals surface area contributed by atoms with Gasteiger partial charge in [-0.25, -0.2) is 4.98 Å². The summed E-state index contributed by atoms with van der Waals surface area (Å²) in [6.07, 6.45) is 3.45. The molecule has 160 valence electrons. The Labute approximate surface area is 185 Å². The number of aromatic nitrogens is 1. The number of thioether (sulfide) groups is 1. The highest BCUT2D eigenvalue weighted by molar-refractivity contribution is 7.98. The molecule has 3 rings (SSSR count). The lowest BCUT2D eigenvalue weighted by Gasteiger charge is -2.10. The van der Waals surface area contributed by atoms with E-state index in [4.69, 9.17) is 9.47 Å². The Hall–Kier alpha value is -3.52. The van der Waals surface area contributed by atoms with Crippen LogP contribution in [0.25, 0.3) is 0 Å². The van der Waals surface area contributed by atoms with Crippen LogP contribution in [0.15, 0.2) is 71.9 Å². The van der Waals surface area contributed by atoms with Crippen molar-refractivity contribution in [2.75, 3.05) is 12.9 Å². The molecule has 0 saturated carbocycles. The number of carbonyl (C=O) groups excluding carboxylic acids is 2. The van der Waals surface area contributed by atoms with E-state index in [2.05, 4.69) is 15.8 Å². The van der Waals surface area contributed by atoms with E-state index in [1.54, 1.807) is 42.6 Å². The Morgan fingerprint density at radius 2 is 1.55 bits per heavy atom. The van der Waals surface area contributed by atoms with Crippen LogP contribution < -0.4 is 20.3 Å². The van der Waals surface area contributed by atoms with Gasteiger partial charge in [0.2, 0.25) is 0 Å². The zero-order valence-corrected chi connectivity index (χ0v) is 18.1. The van der Waals surface area contributed by atoms with E-state index in [1.807, 2.05) is 37.4 Å². The first-order valence-electron chi connectivity index (χ1n) is 9.65. The topological polar surface area (TPSA) is 89.5 Å².